The first-order chi connectivity index (χ1) is 19.8. The standard InChI is InChI=1S/C30H39BN4O7/c1-16-23(40-5)11-10-19-24(13-20(22(36)14-31)33-25(16)19)41-18-12-21(27(32)37)35(15-18)28(38)26(30(2,3)4)34-29(39)42-17-8-6-7-9-17/h10-11,13,17-18,21,26H,6-9,12,14-15H2,1-5H3,(H2,32,37)(H,34,39)/t18-,21+,26-/m1/s1. The Labute approximate surface area is 247 Å². The van der Waals surface area contributed by atoms with Crippen LogP contribution in [0.15, 0.2) is 18.2 Å². The van der Waals surface area contributed by atoms with Gasteiger partial charge in [-0.3, -0.25) is 14.4 Å². The van der Waals surface area contributed by atoms with E-state index in [0.29, 0.717) is 28.0 Å². The Morgan fingerprint density at radius 3 is 2.43 bits per heavy atom. The molecule has 0 bridgehead atoms. The van der Waals surface area contributed by atoms with E-state index in [0.717, 1.165) is 25.7 Å². The third-order valence-electron chi connectivity index (χ3n) is 7.96. The van der Waals surface area contributed by atoms with Gasteiger partial charge < -0.3 is 30.2 Å². The third kappa shape index (κ3) is 6.63. The van der Waals surface area contributed by atoms with Gasteiger partial charge in [0.2, 0.25) is 11.8 Å². The molecule has 11 nitrogen and oxygen atoms in total. The summed E-state index contributed by atoms with van der Waals surface area (Å²) in [6, 6.07) is 3.14. The number of Topliss-reactive ketones (excluding diaryl/α,β-unsaturated/α-hetero) is 1. The van der Waals surface area contributed by atoms with Gasteiger partial charge >= 0.3 is 6.09 Å². The highest BCUT2D eigenvalue weighted by Crippen LogP contribution is 2.35. The monoisotopic (exact) mass is 578 g/mol. The lowest BCUT2D eigenvalue weighted by Crippen LogP contribution is -2.57. The number of ketones is 1. The summed E-state index contributed by atoms with van der Waals surface area (Å²) in [5, 5.41) is 3.37. The number of ether oxygens (including phenoxy) is 3. The van der Waals surface area contributed by atoms with Gasteiger partial charge in [-0.15, -0.1) is 0 Å². The van der Waals surface area contributed by atoms with Crippen LogP contribution in [0.4, 0.5) is 4.79 Å². The highest BCUT2D eigenvalue weighted by molar-refractivity contribution is 6.23. The molecule has 2 aliphatic rings. The second-order valence-corrected chi connectivity index (χ2v) is 12.1. The number of pyridine rings is 1. The number of primary amides is 1. The van der Waals surface area contributed by atoms with Crippen molar-refractivity contribution in [3.63, 3.8) is 0 Å². The van der Waals surface area contributed by atoms with E-state index in [4.69, 9.17) is 27.8 Å². The maximum absolute atomic E-state index is 13.9. The predicted octanol–water partition coefficient (Wildman–Crippen LogP) is 3.24. The lowest BCUT2D eigenvalue weighted by molar-refractivity contribution is -0.141. The molecule has 1 saturated heterocycles. The Morgan fingerprint density at radius 2 is 1.83 bits per heavy atom. The Balaban J connectivity index is 1.61. The highest BCUT2D eigenvalue weighted by Gasteiger charge is 2.45. The van der Waals surface area contributed by atoms with E-state index in [1.54, 1.807) is 19.2 Å². The zero-order valence-corrected chi connectivity index (χ0v) is 24.9. The van der Waals surface area contributed by atoms with Crippen molar-refractivity contribution in [2.45, 2.75) is 90.4 Å². The second-order valence-electron chi connectivity index (χ2n) is 12.1. The van der Waals surface area contributed by atoms with Crippen molar-refractivity contribution in [1.29, 1.82) is 0 Å². The number of nitrogens with one attached hydrogen (secondary N) is 1. The van der Waals surface area contributed by atoms with Crippen LogP contribution < -0.4 is 20.5 Å². The zero-order chi connectivity index (χ0) is 30.8. The van der Waals surface area contributed by atoms with Crippen LogP contribution in [0.1, 0.15) is 68.9 Å². The van der Waals surface area contributed by atoms with Crippen LogP contribution in [0.2, 0.25) is 6.32 Å². The number of likely N-dealkylation sites (tertiary alicyclic amines) is 1. The first-order valence-electron chi connectivity index (χ1n) is 14.3. The molecule has 224 valence electrons. The normalized spacial score (nSPS) is 19.9. The first kappa shape index (κ1) is 31.1. The molecule has 1 aromatic heterocycles. The van der Waals surface area contributed by atoms with Crippen molar-refractivity contribution >= 4 is 42.4 Å². The van der Waals surface area contributed by atoms with Crippen LogP contribution in [0.25, 0.3) is 10.9 Å². The molecular formula is C30H39BN4O7. The Hall–Kier alpha value is -3.83. The van der Waals surface area contributed by atoms with E-state index in [2.05, 4.69) is 10.3 Å². The molecule has 2 aromatic rings. The molecule has 3 N–H and O–H groups in total. The Kier molecular flexibility index (Phi) is 9.32. The molecule has 42 heavy (non-hydrogen) atoms. The quantitative estimate of drug-likeness (QED) is 0.340. The lowest BCUT2D eigenvalue weighted by atomic mass is 9.85. The number of hydrogen-bond acceptors (Lipinski definition) is 8. The number of carbonyl (C=O) groups excluding carboxylic acids is 4. The van der Waals surface area contributed by atoms with Gasteiger partial charge in [0.15, 0.2) is 5.78 Å². The molecule has 12 heteroatoms. The van der Waals surface area contributed by atoms with Crippen molar-refractivity contribution in [1.82, 2.24) is 15.2 Å². The number of aromatic nitrogens is 1. The van der Waals surface area contributed by atoms with Crippen molar-refractivity contribution < 1.29 is 33.4 Å². The molecule has 0 spiro atoms. The van der Waals surface area contributed by atoms with Crippen LogP contribution >= 0.6 is 0 Å². The van der Waals surface area contributed by atoms with E-state index in [9.17, 15) is 19.2 Å². The van der Waals surface area contributed by atoms with Crippen LogP contribution in [0.5, 0.6) is 11.5 Å². The number of methoxy groups -OCH3 is 1. The third-order valence-corrected chi connectivity index (χ3v) is 7.96. The molecule has 3 amide bonds. The van der Waals surface area contributed by atoms with E-state index in [-0.39, 0.29) is 36.9 Å². The summed E-state index contributed by atoms with van der Waals surface area (Å²) in [4.78, 5) is 57.6. The molecule has 2 fully saturated rings. The van der Waals surface area contributed by atoms with Gasteiger partial charge in [0.1, 0.15) is 41.5 Å². The van der Waals surface area contributed by atoms with Gasteiger partial charge in [0.05, 0.1) is 27.0 Å². The highest BCUT2D eigenvalue weighted by atomic mass is 16.6. The molecule has 1 saturated carbocycles. The molecular weight excluding hydrogens is 539 g/mol. The number of amides is 3. The fourth-order valence-corrected chi connectivity index (χ4v) is 5.64. The van der Waals surface area contributed by atoms with Gasteiger partial charge in [0.25, 0.3) is 0 Å². The summed E-state index contributed by atoms with van der Waals surface area (Å²) in [6.07, 6.45) is 2.02. The van der Waals surface area contributed by atoms with Gasteiger partial charge in [-0.2, -0.15) is 0 Å². The number of rotatable bonds is 9. The van der Waals surface area contributed by atoms with Gasteiger partial charge in [-0.05, 0) is 56.5 Å². The average Bonchev–Trinajstić information content (AvgIpc) is 3.61. The summed E-state index contributed by atoms with van der Waals surface area (Å²) in [5.74, 6) is -0.562. The summed E-state index contributed by atoms with van der Waals surface area (Å²) in [6.45, 7) is 7.34. The summed E-state index contributed by atoms with van der Waals surface area (Å²) >= 11 is 0. The molecule has 1 aromatic carbocycles. The van der Waals surface area contributed by atoms with E-state index in [1.807, 2.05) is 27.7 Å². The molecule has 2 radical (unpaired) electrons. The number of nitrogens with two attached hydrogens (primary N) is 1. The Morgan fingerprint density at radius 1 is 1.14 bits per heavy atom. The predicted molar refractivity (Wildman–Crippen MR) is 157 cm³/mol. The van der Waals surface area contributed by atoms with Gasteiger partial charge in [0, 0.05) is 23.4 Å². The molecule has 4 rings (SSSR count). The van der Waals surface area contributed by atoms with Gasteiger partial charge in [-0.1, -0.05) is 20.8 Å². The largest absolute Gasteiger partial charge is 0.496 e. The van der Waals surface area contributed by atoms with Crippen molar-refractivity contribution in [2.24, 2.45) is 11.1 Å². The smallest absolute Gasteiger partial charge is 0.408 e. The minimum absolute atomic E-state index is 0.0392. The minimum Gasteiger partial charge on any atom is -0.496 e. The van der Waals surface area contributed by atoms with Crippen LogP contribution in [-0.2, 0) is 14.3 Å². The fourth-order valence-electron chi connectivity index (χ4n) is 5.64. The average molecular weight is 578 g/mol. The number of fused-ring (bicyclic) bond motifs is 1. The summed E-state index contributed by atoms with van der Waals surface area (Å²) < 4.78 is 17.3. The van der Waals surface area contributed by atoms with Crippen molar-refractivity contribution in [3.05, 3.63) is 29.5 Å². The fraction of sp³-hybridized carbons (Fsp3) is 0.567. The number of nitrogens with zero attached hydrogens (tertiary/aromatic N) is 2. The maximum atomic E-state index is 13.9. The topological polar surface area (TPSA) is 150 Å². The lowest BCUT2D eigenvalue weighted by Gasteiger charge is -2.34. The number of aryl methyl sites for hydroxylation is 1. The molecule has 1 aliphatic carbocycles. The first-order valence-corrected chi connectivity index (χ1v) is 14.3. The summed E-state index contributed by atoms with van der Waals surface area (Å²) in [7, 11) is 7.16. The van der Waals surface area contributed by atoms with E-state index in [1.165, 1.54) is 11.0 Å². The van der Waals surface area contributed by atoms with Crippen molar-refractivity contribution in [3.8, 4) is 11.5 Å². The maximum Gasteiger partial charge on any atom is 0.408 e. The molecule has 1 aliphatic heterocycles. The number of alkyl carbamates (subject to hydrolysis) is 1. The van der Waals surface area contributed by atoms with E-state index >= 15 is 0 Å². The molecule has 3 atom stereocenters. The molecule has 2 heterocycles. The van der Waals surface area contributed by atoms with Crippen molar-refractivity contribution in [2.75, 3.05) is 13.7 Å². The molecule has 0 unspecified atom stereocenters. The Bertz CT molecular complexity index is 1370. The zero-order valence-electron chi connectivity index (χ0n) is 24.9. The second kappa shape index (κ2) is 12.6. The minimum atomic E-state index is -0.974. The van der Waals surface area contributed by atoms with Gasteiger partial charge in [-0.25, -0.2) is 9.78 Å². The number of benzene rings is 1. The van der Waals surface area contributed by atoms with Crippen LogP contribution in [0.3, 0.4) is 0 Å². The number of hydrogen-bond donors (Lipinski definition) is 2. The van der Waals surface area contributed by atoms with Crippen LogP contribution in [-0.4, -0.2) is 79.4 Å². The van der Waals surface area contributed by atoms with Crippen LogP contribution in [0, 0.1) is 12.3 Å². The SMILES string of the molecule is [B]CC(=O)c1cc(O[C@@H]2C[C@@H](C(N)=O)N(C(=O)[C@@H](NC(=O)OC3CCCC3)C(C)(C)C)C2)c2ccc(OC)c(C)c2n1. The summed E-state index contributed by atoms with van der Waals surface area (Å²) in [5.41, 5.74) is 6.41. The van der Waals surface area contributed by atoms with E-state index < -0.39 is 41.5 Å². The number of carbonyl (C=O) groups is 4.